The maximum absolute atomic E-state index is 12.7. The van der Waals surface area contributed by atoms with Gasteiger partial charge in [-0.1, -0.05) is 29.3 Å². The highest BCUT2D eigenvalue weighted by atomic mass is 79.9. The first-order valence-electron chi connectivity index (χ1n) is 8.43. The van der Waals surface area contributed by atoms with Crippen molar-refractivity contribution in [1.29, 1.82) is 0 Å². The second-order valence-electron chi connectivity index (χ2n) is 6.84. The number of carbonyl (C=O) groups is 1. The molecule has 23 heavy (non-hydrogen) atoms. The van der Waals surface area contributed by atoms with E-state index in [1.807, 2.05) is 12.1 Å². The Balaban J connectivity index is 0.00000192. The first kappa shape index (κ1) is 18.8. The maximum Gasteiger partial charge on any atom is 0.227 e. The lowest BCUT2D eigenvalue weighted by molar-refractivity contribution is -0.122. The van der Waals surface area contributed by atoms with Gasteiger partial charge in [0.15, 0.2) is 0 Å². The molecule has 3 N–H and O–H groups in total. The van der Waals surface area contributed by atoms with Crippen LogP contribution in [-0.4, -0.2) is 11.9 Å². The van der Waals surface area contributed by atoms with Crippen LogP contribution in [0.4, 0.5) is 5.69 Å². The van der Waals surface area contributed by atoms with Gasteiger partial charge >= 0.3 is 0 Å². The van der Waals surface area contributed by atoms with Crippen molar-refractivity contribution in [2.24, 2.45) is 23.5 Å². The molecular weight excluding hydrogens is 376 g/mol. The average Bonchev–Trinajstić information content (AvgIpc) is 2.48. The molecule has 2 atom stereocenters. The van der Waals surface area contributed by atoms with E-state index in [-0.39, 0.29) is 24.2 Å². The SMILES string of the molecule is CCc1cc(Br)ccc1NC(=O)C1CC2CCCC(C1)C2N.Cl. The van der Waals surface area contributed by atoms with Gasteiger partial charge in [0.05, 0.1) is 0 Å². The van der Waals surface area contributed by atoms with Crippen LogP contribution >= 0.6 is 28.3 Å². The molecule has 3 nitrogen and oxygen atoms in total. The summed E-state index contributed by atoms with van der Waals surface area (Å²) in [6.45, 7) is 2.11. The van der Waals surface area contributed by atoms with Crippen molar-refractivity contribution >= 4 is 39.9 Å². The molecule has 2 fully saturated rings. The van der Waals surface area contributed by atoms with E-state index < -0.39 is 0 Å². The average molecular weight is 402 g/mol. The summed E-state index contributed by atoms with van der Waals surface area (Å²) in [5, 5.41) is 3.16. The number of aryl methyl sites for hydroxylation is 1. The van der Waals surface area contributed by atoms with Crippen molar-refractivity contribution in [3.05, 3.63) is 28.2 Å². The number of hydrogen-bond acceptors (Lipinski definition) is 2. The highest BCUT2D eigenvalue weighted by molar-refractivity contribution is 9.10. The highest BCUT2D eigenvalue weighted by Gasteiger charge is 2.40. The van der Waals surface area contributed by atoms with Crippen LogP contribution in [0.25, 0.3) is 0 Å². The molecule has 128 valence electrons. The molecule has 2 bridgehead atoms. The molecule has 2 saturated carbocycles. The van der Waals surface area contributed by atoms with Crippen molar-refractivity contribution in [2.45, 2.75) is 51.5 Å². The Kier molecular flexibility index (Phi) is 6.52. The summed E-state index contributed by atoms with van der Waals surface area (Å²) in [6.07, 6.45) is 6.50. The number of halogens is 2. The van der Waals surface area contributed by atoms with Gasteiger partial charge in [-0.3, -0.25) is 4.79 Å². The summed E-state index contributed by atoms with van der Waals surface area (Å²) >= 11 is 3.49. The lowest BCUT2D eigenvalue weighted by atomic mass is 9.65. The largest absolute Gasteiger partial charge is 0.327 e. The predicted molar refractivity (Wildman–Crippen MR) is 101 cm³/mol. The Hall–Kier alpha value is -0.580. The smallest absolute Gasteiger partial charge is 0.227 e. The van der Waals surface area contributed by atoms with Crippen LogP contribution in [0.15, 0.2) is 22.7 Å². The number of rotatable bonds is 3. The van der Waals surface area contributed by atoms with Gasteiger partial charge in [-0.05, 0) is 67.7 Å². The fourth-order valence-corrected chi connectivity index (χ4v) is 4.62. The zero-order valence-corrected chi connectivity index (χ0v) is 16.0. The Labute approximate surface area is 153 Å². The molecule has 5 heteroatoms. The van der Waals surface area contributed by atoms with Crippen LogP contribution in [0, 0.1) is 17.8 Å². The molecule has 0 heterocycles. The Bertz CT molecular complexity index is 552. The van der Waals surface area contributed by atoms with E-state index in [0.29, 0.717) is 17.9 Å². The fraction of sp³-hybridized carbons (Fsp3) is 0.611. The highest BCUT2D eigenvalue weighted by Crippen LogP contribution is 2.42. The van der Waals surface area contributed by atoms with Crippen LogP contribution in [-0.2, 0) is 11.2 Å². The van der Waals surface area contributed by atoms with Crippen molar-refractivity contribution in [2.75, 3.05) is 5.32 Å². The summed E-state index contributed by atoms with van der Waals surface area (Å²) in [6, 6.07) is 6.38. The van der Waals surface area contributed by atoms with Crippen LogP contribution in [0.1, 0.15) is 44.6 Å². The Morgan fingerprint density at radius 1 is 1.30 bits per heavy atom. The Morgan fingerprint density at radius 2 is 1.96 bits per heavy atom. The minimum absolute atomic E-state index is 0. The van der Waals surface area contributed by atoms with E-state index in [0.717, 1.165) is 29.4 Å². The van der Waals surface area contributed by atoms with Gasteiger partial charge in [-0.2, -0.15) is 0 Å². The van der Waals surface area contributed by atoms with E-state index in [4.69, 9.17) is 5.73 Å². The number of nitrogens with two attached hydrogens (primary N) is 1. The molecule has 0 saturated heterocycles. The van der Waals surface area contributed by atoms with Gasteiger partial charge in [0.25, 0.3) is 0 Å². The number of amides is 1. The normalized spacial score (nSPS) is 29.5. The van der Waals surface area contributed by atoms with E-state index in [1.54, 1.807) is 0 Å². The lowest BCUT2D eigenvalue weighted by Crippen LogP contribution is -2.48. The minimum atomic E-state index is 0. The van der Waals surface area contributed by atoms with Crippen LogP contribution < -0.4 is 11.1 Å². The van der Waals surface area contributed by atoms with Gasteiger partial charge in [-0.25, -0.2) is 0 Å². The van der Waals surface area contributed by atoms with Crippen LogP contribution in [0.5, 0.6) is 0 Å². The van der Waals surface area contributed by atoms with Crippen molar-refractivity contribution in [1.82, 2.24) is 0 Å². The van der Waals surface area contributed by atoms with Gasteiger partial charge in [-0.15, -0.1) is 12.4 Å². The second-order valence-corrected chi connectivity index (χ2v) is 7.76. The predicted octanol–water partition coefficient (Wildman–Crippen LogP) is 4.53. The third kappa shape index (κ3) is 4.09. The standard InChI is InChI=1S/C18H25BrN2O.ClH/c1-2-11-10-15(19)6-7-16(11)21-18(22)14-8-12-4-3-5-13(9-14)17(12)20;/h6-7,10,12-14,17H,2-5,8-9,20H2,1H3,(H,21,22);1H. The number of carbonyl (C=O) groups excluding carboxylic acids is 1. The molecular formula is C18H26BrClN2O. The van der Waals surface area contributed by atoms with Gasteiger partial charge in [0, 0.05) is 22.1 Å². The first-order valence-corrected chi connectivity index (χ1v) is 9.22. The molecule has 1 amide bonds. The number of fused-ring (bicyclic) bond motifs is 2. The summed E-state index contributed by atoms with van der Waals surface area (Å²) in [5.74, 6) is 1.39. The molecule has 3 rings (SSSR count). The topological polar surface area (TPSA) is 55.1 Å². The minimum Gasteiger partial charge on any atom is -0.327 e. The lowest BCUT2D eigenvalue weighted by Gasteiger charge is -2.43. The number of nitrogens with one attached hydrogen (secondary N) is 1. The Morgan fingerprint density at radius 3 is 2.57 bits per heavy atom. The van der Waals surface area contributed by atoms with Crippen LogP contribution in [0.2, 0.25) is 0 Å². The number of hydrogen-bond donors (Lipinski definition) is 2. The quantitative estimate of drug-likeness (QED) is 0.782. The van der Waals surface area contributed by atoms with E-state index in [9.17, 15) is 4.79 Å². The summed E-state index contributed by atoms with van der Waals surface area (Å²) < 4.78 is 1.06. The third-order valence-corrected chi connectivity index (χ3v) is 5.98. The van der Waals surface area contributed by atoms with Gasteiger partial charge in [0.2, 0.25) is 5.91 Å². The van der Waals surface area contributed by atoms with Crippen LogP contribution in [0.3, 0.4) is 0 Å². The van der Waals surface area contributed by atoms with Crippen molar-refractivity contribution in [3.63, 3.8) is 0 Å². The second kappa shape index (κ2) is 8.00. The summed E-state index contributed by atoms with van der Waals surface area (Å²) in [4.78, 5) is 12.7. The molecule has 0 radical (unpaired) electrons. The zero-order chi connectivity index (χ0) is 15.7. The third-order valence-electron chi connectivity index (χ3n) is 5.49. The molecule has 1 aromatic rings. The summed E-state index contributed by atoms with van der Waals surface area (Å²) in [5.41, 5.74) is 8.46. The zero-order valence-electron chi connectivity index (χ0n) is 13.6. The molecule has 1 aromatic carbocycles. The monoisotopic (exact) mass is 400 g/mol. The van der Waals surface area contributed by atoms with Crippen molar-refractivity contribution in [3.8, 4) is 0 Å². The van der Waals surface area contributed by atoms with E-state index in [2.05, 4.69) is 34.2 Å². The van der Waals surface area contributed by atoms with E-state index >= 15 is 0 Å². The summed E-state index contributed by atoms with van der Waals surface area (Å²) in [7, 11) is 0. The van der Waals surface area contributed by atoms with Crippen molar-refractivity contribution < 1.29 is 4.79 Å². The van der Waals surface area contributed by atoms with Gasteiger partial charge < -0.3 is 11.1 Å². The maximum atomic E-state index is 12.7. The number of anilines is 1. The van der Waals surface area contributed by atoms with Gasteiger partial charge in [0.1, 0.15) is 0 Å². The molecule has 2 aliphatic carbocycles. The molecule has 0 aromatic heterocycles. The molecule has 2 unspecified atom stereocenters. The fourth-order valence-electron chi connectivity index (χ4n) is 4.21. The molecule has 0 aliphatic heterocycles. The first-order chi connectivity index (χ1) is 10.6. The van der Waals surface area contributed by atoms with E-state index in [1.165, 1.54) is 24.8 Å². The molecule has 2 aliphatic rings. The molecule has 0 spiro atoms. The number of benzene rings is 1.